The number of benzene rings is 3. The minimum atomic E-state index is -0.414. The average Bonchev–Trinajstić information content (AvgIpc) is 3.23. The van der Waals surface area contributed by atoms with Crippen LogP contribution in [0, 0.1) is 0 Å². The number of fused-ring (bicyclic) bond motifs is 3. The molecule has 2 atom stereocenters. The zero-order valence-corrected chi connectivity index (χ0v) is 18.5. The molecule has 2 aliphatic rings. The highest BCUT2D eigenvalue weighted by molar-refractivity contribution is 6.37. The fraction of sp³-hybridized carbons (Fsp3) is 0.208. The summed E-state index contributed by atoms with van der Waals surface area (Å²) in [5, 5.41) is 8.14. The SMILES string of the molecule is COc1ccc([C@H]2Oc3ccccc3[C@@H]3CC(c4ccc(Cl)cc4Cl)=NN23)cc1OC. The second kappa shape index (κ2) is 7.98. The van der Waals surface area contributed by atoms with Crippen LogP contribution in [-0.2, 0) is 0 Å². The molecule has 0 amide bonds. The summed E-state index contributed by atoms with van der Waals surface area (Å²) in [6, 6.07) is 19.4. The van der Waals surface area contributed by atoms with Gasteiger partial charge in [0.15, 0.2) is 11.5 Å². The largest absolute Gasteiger partial charge is 0.493 e. The summed E-state index contributed by atoms with van der Waals surface area (Å²) >= 11 is 12.6. The Balaban J connectivity index is 1.60. The maximum absolute atomic E-state index is 6.49. The van der Waals surface area contributed by atoms with Crippen molar-refractivity contribution in [2.45, 2.75) is 18.7 Å². The van der Waals surface area contributed by atoms with E-state index in [1.807, 2.05) is 53.5 Å². The predicted octanol–water partition coefficient (Wildman–Crippen LogP) is 6.25. The zero-order chi connectivity index (χ0) is 21.5. The van der Waals surface area contributed by atoms with Crippen molar-refractivity contribution >= 4 is 28.9 Å². The lowest BCUT2D eigenvalue weighted by Gasteiger charge is -2.38. The number of halogens is 2. The van der Waals surface area contributed by atoms with Crippen LogP contribution in [0.5, 0.6) is 17.2 Å². The Labute approximate surface area is 190 Å². The second-order valence-corrected chi connectivity index (χ2v) is 8.24. The van der Waals surface area contributed by atoms with Gasteiger partial charge in [0.05, 0.1) is 31.0 Å². The first-order valence-corrected chi connectivity index (χ1v) is 10.6. The Morgan fingerprint density at radius 1 is 0.968 bits per heavy atom. The molecule has 31 heavy (non-hydrogen) atoms. The van der Waals surface area contributed by atoms with Crippen molar-refractivity contribution < 1.29 is 14.2 Å². The molecule has 2 aliphatic heterocycles. The van der Waals surface area contributed by atoms with Gasteiger partial charge in [0, 0.05) is 28.1 Å². The van der Waals surface area contributed by atoms with Gasteiger partial charge in [0.1, 0.15) is 5.75 Å². The third-order valence-electron chi connectivity index (χ3n) is 5.63. The summed E-state index contributed by atoms with van der Waals surface area (Å²) in [6.07, 6.45) is 0.300. The van der Waals surface area contributed by atoms with Crippen LogP contribution in [0.2, 0.25) is 10.0 Å². The number of hydrazone groups is 1. The minimum Gasteiger partial charge on any atom is -0.493 e. The topological polar surface area (TPSA) is 43.3 Å². The van der Waals surface area contributed by atoms with E-state index in [1.165, 1.54) is 0 Å². The van der Waals surface area contributed by atoms with E-state index in [2.05, 4.69) is 6.07 Å². The molecule has 0 N–H and O–H groups in total. The molecular weight excluding hydrogens is 435 g/mol. The van der Waals surface area contributed by atoms with E-state index in [4.69, 9.17) is 42.5 Å². The highest BCUT2D eigenvalue weighted by Crippen LogP contribution is 2.48. The highest BCUT2D eigenvalue weighted by Gasteiger charge is 2.41. The van der Waals surface area contributed by atoms with Gasteiger partial charge in [-0.2, -0.15) is 5.10 Å². The lowest BCUT2D eigenvalue weighted by atomic mass is 9.96. The summed E-state index contributed by atoms with van der Waals surface area (Å²) < 4.78 is 17.3. The van der Waals surface area contributed by atoms with E-state index < -0.39 is 6.23 Å². The fourth-order valence-corrected chi connectivity index (χ4v) is 4.66. The van der Waals surface area contributed by atoms with E-state index in [0.29, 0.717) is 28.0 Å². The normalized spacial score (nSPS) is 19.2. The van der Waals surface area contributed by atoms with E-state index in [0.717, 1.165) is 28.2 Å². The van der Waals surface area contributed by atoms with Gasteiger partial charge >= 0.3 is 0 Å². The van der Waals surface area contributed by atoms with Gasteiger partial charge in [0.25, 0.3) is 0 Å². The summed E-state index contributed by atoms with van der Waals surface area (Å²) in [5.41, 5.74) is 3.80. The van der Waals surface area contributed by atoms with Crippen molar-refractivity contribution in [3.8, 4) is 17.2 Å². The Kier molecular flexibility index (Phi) is 5.16. The molecule has 0 aliphatic carbocycles. The molecule has 5 nitrogen and oxygen atoms in total. The van der Waals surface area contributed by atoms with E-state index in [1.54, 1.807) is 20.3 Å². The second-order valence-electron chi connectivity index (χ2n) is 7.39. The molecule has 0 fully saturated rings. The van der Waals surface area contributed by atoms with Gasteiger partial charge in [-0.05, 0) is 36.4 Å². The predicted molar refractivity (Wildman–Crippen MR) is 122 cm³/mol. The number of hydrogen-bond acceptors (Lipinski definition) is 5. The van der Waals surface area contributed by atoms with Crippen molar-refractivity contribution in [1.82, 2.24) is 5.01 Å². The third-order valence-corrected chi connectivity index (χ3v) is 6.18. The standard InChI is InChI=1S/C24H20Cl2N2O3/c1-29-22-10-7-14(11-23(22)30-2)24-28-20(17-5-3-4-6-21(17)31-24)13-19(27-28)16-9-8-15(25)12-18(16)26/h3-12,20,24H,13H2,1-2H3/t20-,24+/m0/s1. The lowest BCUT2D eigenvalue weighted by molar-refractivity contribution is -0.0191. The fourth-order valence-electron chi connectivity index (χ4n) is 4.15. The van der Waals surface area contributed by atoms with Crippen molar-refractivity contribution in [3.63, 3.8) is 0 Å². The lowest BCUT2D eigenvalue weighted by Crippen LogP contribution is -2.33. The zero-order valence-electron chi connectivity index (χ0n) is 17.0. The molecule has 2 heterocycles. The van der Waals surface area contributed by atoms with Gasteiger partial charge in [0.2, 0.25) is 6.23 Å². The molecule has 7 heteroatoms. The maximum Gasteiger partial charge on any atom is 0.214 e. The molecule has 0 unspecified atom stereocenters. The van der Waals surface area contributed by atoms with Gasteiger partial charge in [-0.15, -0.1) is 0 Å². The van der Waals surface area contributed by atoms with Gasteiger partial charge in [-0.3, -0.25) is 0 Å². The van der Waals surface area contributed by atoms with Crippen LogP contribution in [0.3, 0.4) is 0 Å². The molecule has 3 aromatic rings. The van der Waals surface area contributed by atoms with Crippen LogP contribution in [-0.4, -0.2) is 24.9 Å². The van der Waals surface area contributed by atoms with Crippen molar-refractivity contribution in [2.75, 3.05) is 14.2 Å². The Morgan fingerprint density at radius 3 is 2.55 bits per heavy atom. The van der Waals surface area contributed by atoms with Gasteiger partial charge < -0.3 is 14.2 Å². The Morgan fingerprint density at radius 2 is 1.77 bits per heavy atom. The van der Waals surface area contributed by atoms with Gasteiger partial charge in [-0.1, -0.05) is 47.5 Å². The Hall–Kier alpha value is -2.89. The van der Waals surface area contributed by atoms with Crippen molar-refractivity contribution in [2.24, 2.45) is 5.10 Å². The quantitative estimate of drug-likeness (QED) is 0.466. The molecule has 0 saturated carbocycles. The van der Waals surface area contributed by atoms with Crippen molar-refractivity contribution in [3.05, 3.63) is 87.4 Å². The van der Waals surface area contributed by atoms with E-state index in [-0.39, 0.29) is 6.04 Å². The molecule has 0 saturated heterocycles. The smallest absolute Gasteiger partial charge is 0.214 e. The van der Waals surface area contributed by atoms with Crippen LogP contribution >= 0.6 is 23.2 Å². The van der Waals surface area contributed by atoms with Crippen LogP contribution in [0.25, 0.3) is 0 Å². The van der Waals surface area contributed by atoms with Crippen molar-refractivity contribution in [1.29, 1.82) is 0 Å². The summed E-state index contributed by atoms with van der Waals surface area (Å²) in [7, 11) is 3.24. The third kappa shape index (κ3) is 3.48. The van der Waals surface area contributed by atoms with Crippen LogP contribution in [0.4, 0.5) is 0 Å². The number of hydrogen-bond donors (Lipinski definition) is 0. The molecule has 0 radical (unpaired) electrons. The maximum atomic E-state index is 6.49. The van der Waals surface area contributed by atoms with Gasteiger partial charge in [-0.25, -0.2) is 5.01 Å². The summed E-state index contributed by atoms with van der Waals surface area (Å²) in [5.74, 6) is 2.16. The first-order valence-electron chi connectivity index (χ1n) is 9.88. The number of ether oxygens (including phenoxy) is 3. The number of methoxy groups -OCH3 is 2. The molecule has 158 valence electrons. The number of para-hydroxylation sites is 1. The first-order chi connectivity index (χ1) is 15.1. The van der Waals surface area contributed by atoms with E-state index >= 15 is 0 Å². The first kappa shape index (κ1) is 20.0. The van der Waals surface area contributed by atoms with Crippen LogP contribution < -0.4 is 14.2 Å². The van der Waals surface area contributed by atoms with E-state index in [9.17, 15) is 0 Å². The van der Waals surface area contributed by atoms with Crippen LogP contribution in [0.15, 0.2) is 65.8 Å². The molecular formula is C24H20Cl2N2O3. The Bertz CT molecular complexity index is 1180. The van der Waals surface area contributed by atoms with Crippen LogP contribution in [0.1, 0.15) is 35.4 Å². The minimum absolute atomic E-state index is 0.0322. The number of rotatable bonds is 4. The molecule has 0 spiro atoms. The molecule has 5 rings (SSSR count). The molecule has 0 aromatic heterocycles. The highest BCUT2D eigenvalue weighted by atomic mass is 35.5. The summed E-state index contributed by atoms with van der Waals surface area (Å²) in [4.78, 5) is 0. The number of nitrogens with zero attached hydrogens (tertiary/aromatic N) is 2. The average molecular weight is 455 g/mol. The molecule has 3 aromatic carbocycles. The summed E-state index contributed by atoms with van der Waals surface area (Å²) in [6.45, 7) is 0. The monoisotopic (exact) mass is 454 g/mol. The molecule has 0 bridgehead atoms.